The van der Waals surface area contributed by atoms with Crippen LogP contribution in [0.1, 0.15) is 12.0 Å². The van der Waals surface area contributed by atoms with Gasteiger partial charge in [-0.2, -0.15) is 0 Å². The second-order valence-corrected chi connectivity index (χ2v) is 6.56. The molecule has 1 aliphatic rings. The molecule has 6 heteroatoms. The Hall–Kier alpha value is -0.590. The minimum absolute atomic E-state index is 0.285. The van der Waals surface area contributed by atoms with Gasteiger partial charge < -0.3 is 9.45 Å². The Kier molecular flexibility index (Phi) is 3.75. The summed E-state index contributed by atoms with van der Waals surface area (Å²) in [5, 5.41) is 0. The Labute approximate surface area is 110 Å². The molecule has 0 atom stereocenters. The van der Waals surface area contributed by atoms with Crippen molar-refractivity contribution in [3.63, 3.8) is 0 Å². The standard InChI is InChI=1S/C11H14BrNO3S/c12-10-3-2-9-4-6-13(11(9)8-10)5-1-7-17(14,15)16/h2-3,8H,1,4-7H2,(H,14,15,16)/p-1. The molecule has 4 nitrogen and oxygen atoms in total. The second kappa shape index (κ2) is 4.96. The molecule has 0 unspecified atom stereocenters. The molecule has 2 rings (SSSR count). The zero-order chi connectivity index (χ0) is 12.5. The minimum atomic E-state index is -4.09. The van der Waals surface area contributed by atoms with E-state index in [1.807, 2.05) is 12.1 Å². The maximum absolute atomic E-state index is 10.5. The van der Waals surface area contributed by atoms with Crippen LogP contribution in [0.5, 0.6) is 0 Å². The van der Waals surface area contributed by atoms with E-state index in [0.717, 1.165) is 23.1 Å². The summed E-state index contributed by atoms with van der Waals surface area (Å²) < 4.78 is 32.6. The highest BCUT2D eigenvalue weighted by molar-refractivity contribution is 9.10. The van der Waals surface area contributed by atoms with Crippen molar-refractivity contribution in [2.45, 2.75) is 12.8 Å². The van der Waals surface area contributed by atoms with Crippen LogP contribution < -0.4 is 4.90 Å². The van der Waals surface area contributed by atoms with Gasteiger partial charge in [0.15, 0.2) is 0 Å². The first-order valence-electron chi connectivity index (χ1n) is 5.43. The highest BCUT2D eigenvalue weighted by atomic mass is 79.9. The third-order valence-corrected chi connectivity index (χ3v) is 4.14. The number of nitrogens with zero attached hydrogens (tertiary/aromatic N) is 1. The SMILES string of the molecule is O=S(=O)([O-])CCCN1CCc2ccc(Br)cc21. The predicted octanol–water partition coefficient (Wildman–Crippen LogP) is 1.75. The average Bonchev–Trinajstić information content (AvgIpc) is 2.59. The molecule has 0 bridgehead atoms. The molecule has 17 heavy (non-hydrogen) atoms. The molecule has 0 aromatic heterocycles. The van der Waals surface area contributed by atoms with Gasteiger partial charge in [0.05, 0.1) is 10.1 Å². The number of hydrogen-bond donors (Lipinski definition) is 0. The van der Waals surface area contributed by atoms with Crippen LogP contribution in [0, 0.1) is 0 Å². The molecule has 0 spiro atoms. The molecule has 0 N–H and O–H groups in total. The van der Waals surface area contributed by atoms with E-state index in [0.29, 0.717) is 13.0 Å². The van der Waals surface area contributed by atoms with Crippen LogP contribution in [0.15, 0.2) is 22.7 Å². The lowest BCUT2D eigenvalue weighted by Gasteiger charge is -2.19. The minimum Gasteiger partial charge on any atom is -0.748 e. The Balaban J connectivity index is 2.00. The summed E-state index contributed by atoms with van der Waals surface area (Å²) in [7, 11) is -4.09. The highest BCUT2D eigenvalue weighted by Crippen LogP contribution is 2.30. The molecule has 0 saturated heterocycles. The van der Waals surface area contributed by atoms with Crippen LogP contribution >= 0.6 is 15.9 Å². The van der Waals surface area contributed by atoms with E-state index in [-0.39, 0.29) is 5.75 Å². The number of hydrogen-bond acceptors (Lipinski definition) is 4. The third kappa shape index (κ3) is 3.43. The monoisotopic (exact) mass is 318 g/mol. The smallest absolute Gasteiger partial charge is 0.0946 e. The van der Waals surface area contributed by atoms with E-state index in [4.69, 9.17) is 0 Å². The molecule has 0 aliphatic carbocycles. The van der Waals surface area contributed by atoms with E-state index in [2.05, 4.69) is 26.9 Å². The first kappa shape index (κ1) is 12.9. The zero-order valence-corrected chi connectivity index (χ0v) is 11.6. The van der Waals surface area contributed by atoms with Crippen LogP contribution in [-0.4, -0.2) is 31.8 Å². The maximum Gasteiger partial charge on any atom is 0.0946 e. The fourth-order valence-electron chi connectivity index (χ4n) is 2.08. The average molecular weight is 319 g/mol. The van der Waals surface area contributed by atoms with Gasteiger partial charge in [-0.1, -0.05) is 22.0 Å². The molecule has 0 saturated carbocycles. The molecule has 0 radical (unpaired) electrons. The summed E-state index contributed by atoms with van der Waals surface area (Å²) in [6, 6.07) is 6.11. The number of rotatable bonds is 4. The maximum atomic E-state index is 10.5. The van der Waals surface area contributed by atoms with Crippen molar-refractivity contribution in [3.05, 3.63) is 28.2 Å². The van der Waals surface area contributed by atoms with Crippen molar-refractivity contribution in [2.75, 3.05) is 23.7 Å². The molecule has 94 valence electrons. The van der Waals surface area contributed by atoms with Crippen molar-refractivity contribution in [2.24, 2.45) is 0 Å². The normalized spacial score (nSPS) is 15.1. The molecule has 1 aliphatic heterocycles. The van der Waals surface area contributed by atoms with E-state index in [1.165, 1.54) is 5.56 Å². The van der Waals surface area contributed by atoms with Gasteiger partial charge in [0.2, 0.25) is 0 Å². The summed E-state index contributed by atoms with van der Waals surface area (Å²) in [6.07, 6.45) is 1.37. The number of anilines is 1. The van der Waals surface area contributed by atoms with Crippen LogP contribution in [-0.2, 0) is 16.5 Å². The van der Waals surface area contributed by atoms with Crippen LogP contribution in [0.4, 0.5) is 5.69 Å². The van der Waals surface area contributed by atoms with E-state index >= 15 is 0 Å². The topological polar surface area (TPSA) is 60.4 Å². The third-order valence-electron chi connectivity index (χ3n) is 2.86. The second-order valence-electron chi connectivity index (χ2n) is 4.13. The summed E-state index contributed by atoms with van der Waals surface area (Å²) in [4.78, 5) is 2.13. The number of benzene rings is 1. The molecular formula is C11H13BrNO3S-. The number of halogens is 1. The molecule has 0 fully saturated rings. The van der Waals surface area contributed by atoms with Gasteiger partial charge in [0.1, 0.15) is 0 Å². The van der Waals surface area contributed by atoms with Crippen molar-refractivity contribution in [1.82, 2.24) is 0 Å². The highest BCUT2D eigenvalue weighted by Gasteiger charge is 2.18. The van der Waals surface area contributed by atoms with Crippen LogP contribution in [0.3, 0.4) is 0 Å². The lowest BCUT2D eigenvalue weighted by molar-refractivity contribution is 0.461. The van der Waals surface area contributed by atoms with E-state index in [1.54, 1.807) is 0 Å². The van der Waals surface area contributed by atoms with Crippen molar-refractivity contribution < 1.29 is 13.0 Å². The number of fused-ring (bicyclic) bond motifs is 1. The largest absolute Gasteiger partial charge is 0.748 e. The van der Waals surface area contributed by atoms with Crippen molar-refractivity contribution in [3.8, 4) is 0 Å². The van der Waals surface area contributed by atoms with Gasteiger partial charge in [0, 0.05) is 29.0 Å². The van der Waals surface area contributed by atoms with Crippen molar-refractivity contribution >= 4 is 31.7 Å². The molecule has 1 aromatic carbocycles. The molecule has 1 aromatic rings. The summed E-state index contributed by atoms with van der Waals surface area (Å²) >= 11 is 3.42. The van der Waals surface area contributed by atoms with Gasteiger partial charge in [-0.05, 0) is 30.5 Å². The lowest BCUT2D eigenvalue weighted by atomic mass is 10.2. The van der Waals surface area contributed by atoms with Gasteiger partial charge in [0.25, 0.3) is 0 Å². The van der Waals surface area contributed by atoms with E-state index in [9.17, 15) is 13.0 Å². The first-order chi connectivity index (χ1) is 7.96. The molecule has 1 heterocycles. The summed E-state index contributed by atoms with van der Waals surface area (Å²) in [5.74, 6) is -0.285. The van der Waals surface area contributed by atoms with Crippen LogP contribution in [0.25, 0.3) is 0 Å². The quantitative estimate of drug-likeness (QED) is 0.793. The predicted molar refractivity (Wildman–Crippen MR) is 69.2 cm³/mol. The fraction of sp³-hybridized carbons (Fsp3) is 0.455. The molecule has 0 amide bonds. The van der Waals surface area contributed by atoms with Gasteiger partial charge in [-0.3, -0.25) is 0 Å². The summed E-state index contributed by atoms with van der Waals surface area (Å²) in [5.41, 5.74) is 2.42. The first-order valence-corrected chi connectivity index (χ1v) is 7.80. The Morgan fingerprint density at radius 3 is 2.88 bits per heavy atom. The van der Waals surface area contributed by atoms with Crippen molar-refractivity contribution in [1.29, 1.82) is 0 Å². The van der Waals surface area contributed by atoms with E-state index < -0.39 is 10.1 Å². The molecular weight excluding hydrogens is 306 g/mol. The van der Waals surface area contributed by atoms with Gasteiger partial charge in [-0.25, -0.2) is 8.42 Å². The summed E-state index contributed by atoms with van der Waals surface area (Å²) in [6.45, 7) is 1.51. The fourth-order valence-corrected chi connectivity index (χ4v) is 2.91. The van der Waals surface area contributed by atoms with Gasteiger partial charge in [-0.15, -0.1) is 0 Å². The Morgan fingerprint density at radius 2 is 2.18 bits per heavy atom. The van der Waals surface area contributed by atoms with Crippen LogP contribution in [0.2, 0.25) is 0 Å². The Morgan fingerprint density at radius 1 is 1.41 bits per heavy atom. The Bertz CT molecular complexity index is 515. The van der Waals surface area contributed by atoms with Gasteiger partial charge >= 0.3 is 0 Å². The lowest BCUT2D eigenvalue weighted by Crippen LogP contribution is -2.23. The zero-order valence-electron chi connectivity index (χ0n) is 9.23.